The molecule has 0 bridgehead atoms. The average Bonchev–Trinajstić information content (AvgIpc) is 2.94. The second kappa shape index (κ2) is 9.00. The van der Waals surface area contributed by atoms with Gasteiger partial charge >= 0.3 is 0 Å². The first-order valence-corrected chi connectivity index (χ1v) is 8.77. The molecule has 0 unspecified atom stereocenters. The van der Waals surface area contributed by atoms with Crippen LogP contribution in [-0.2, 0) is 14.3 Å². The molecular weight excluding hydrogens is 308 g/mol. The van der Waals surface area contributed by atoms with Gasteiger partial charge in [-0.05, 0) is 12.3 Å². The van der Waals surface area contributed by atoms with Gasteiger partial charge in [0.05, 0.1) is 25.2 Å². The van der Waals surface area contributed by atoms with Crippen LogP contribution in [0.5, 0.6) is 0 Å². The first-order valence-electron chi connectivity index (χ1n) is 8.77. The number of nitrogens with one attached hydrogen (secondary N) is 1. The molecule has 0 aliphatic carbocycles. The van der Waals surface area contributed by atoms with Crippen LogP contribution in [0.25, 0.3) is 0 Å². The van der Waals surface area contributed by atoms with Gasteiger partial charge in [-0.25, -0.2) is 0 Å². The van der Waals surface area contributed by atoms with Gasteiger partial charge in [0.15, 0.2) is 0 Å². The number of carbonyl (C=O) groups excluding carboxylic acids is 2. The van der Waals surface area contributed by atoms with Crippen molar-refractivity contribution in [3.8, 4) is 6.07 Å². The predicted octanol–water partition coefficient (Wildman–Crippen LogP) is 0.222. The van der Waals surface area contributed by atoms with E-state index in [1.807, 2.05) is 13.8 Å². The highest BCUT2D eigenvalue weighted by Gasteiger charge is 2.35. The van der Waals surface area contributed by atoms with Crippen molar-refractivity contribution in [3.05, 3.63) is 0 Å². The van der Waals surface area contributed by atoms with Gasteiger partial charge in [0.1, 0.15) is 6.04 Å². The number of nitrogens with zero attached hydrogens (tertiary/aromatic N) is 3. The molecule has 2 heterocycles. The van der Waals surface area contributed by atoms with E-state index >= 15 is 0 Å². The van der Waals surface area contributed by atoms with Crippen LogP contribution >= 0.6 is 0 Å². The lowest BCUT2D eigenvalue weighted by Gasteiger charge is -2.28. The Hall–Kier alpha value is -1.65. The predicted molar refractivity (Wildman–Crippen MR) is 88.9 cm³/mol. The van der Waals surface area contributed by atoms with Gasteiger partial charge in [-0.3, -0.25) is 14.5 Å². The Balaban J connectivity index is 1.78. The highest BCUT2D eigenvalue weighted by atomic mass is 16.5. The maximum absolute atomic E-state index is 12.3. The van der Waals surface area contributed by atoms with Gasteiger partial charge in [-0.1, -0.05) is 13.8 Å². The molecule has 24 heavy (non-hydrogen) atoms. The van der Waals surface area contributed by atoms with Crippen molar-refractivity contribution in [2.24, 2.45) is 11.8 Å². The minimum absolute atomic E-state index is 0.0285. The zero-order chi connectivity index (χ0) is 17.5. The maximum Gasteiger partial charge on any atom is 0.226 e. The lowest BCUT2D eigenvalue weighted by Crippen LogP contribution is -2.42. The van der Waals surface area contributed by atoms with Gasteiger partial charge in [0, 0.05) is 39.1 Å². The SMILES string of the molecule is CC(C)C[C@H](C#N)NC(=O)[C@@H]1CC(=O)N(CCN2CCOCC2)C1. The summed E-state index contributed by atoms with van der Waals surface area (Å²) >= 11 is 0. The van der Waals surface area contributed by atoms with E-state index in [1.165, 1.54) is 0 Å². The molecule has 2 saturated heterocycles. The van der Waals surface area contributed by atoms with Crippen LogP contribution in [0.3, 0.4) is 0 Å². The molecule has 2 aliphatic rings. The van der Waals surface area contributed by atoms with E-state index in [-0.39, 0.29) is 24.2 Å². The lowest BCUT2D eigenvalue weighted by atomic mass is 10.0. The molecule has 1 N–H and O–H groups in total. The van der Waals surface area contributed by atoms with Crippen molar-refractivity contribution in [1.29, 1.82) is 5.26 Å². The third kappa shape index (κ3) is 5.46. The number of ether oxygens (including phenoxy) is 1. The molecule has 7 heteroatoms. The highest BCUT2D eigenvalue weighted by Crippen LogP contribution is 2.18. The number of hydrogen-bond acceptors (Lipinski definition) is 5. The molecule has 2 aliphatic heterocycles. The highest BCUT2D eigenvalue weighted by molar-refractivity contribution is 5.89. The monoisotopic (exact) mass is 336 g/mol. The van der Waals surface area contributed by atoms with Crippen molar-refractivity contribution in [3.63, 3.8) is 0 Å². The molecule has 134 valence electrons. The first kappa shape index (κ1) is 18.7. The smallest absolute Gasteiger partial charge is 0.226 e. The summed E-state index contributed by atoms with van der Waals surface area (Å²) in [7, 11) is 0. The third-order valence-corrected chi connectivity index (χ3v) is 4.55. The molecule has 0 radical (unpaired) electrons. The first-order chi connectivity index (χ1) is 11.5. The summed E-state index contributed by atoms with van der Waals surface area (Å²) in [5.41, 5.74) is 0. The Morgan fingerprint density at radius 3 is 2.71 bits per heavy atom. The number of nitriles is 1. The number of rotatable bonds is 7. The standard InChI is InChI=1S/C17H28N4O3/c1-13(2)9-15(11-18)19-17(23)14-10-16(22)21(12-14)4-3-20-5-7-24-8-6-20/h13-15H,3-10,12H2,1-2H3,(H,19,23)/t14-,15-/m1/s1. The molecule has 0 saturated carbocycles. The second-order valence-electron chi connectivity index (χ2n) is 7.01. The summed E-state index contributed by atoms with van der Waals surface area (Å²) in [6.07, 6.45) is 0.873. The van der Waals surface area contributed by atoms with E-state index in [9.17, 15) is 9.59 Å². The van der Waals surface area contributed by atoms with Crippen LogP contribution in [0, 0.1) is 23.2 Å². The summed E-state index contributed by atoms with van der Waals surface area (Å²) in [6, 6.07) is 1.65. The van der Waals surface area contributed by atoms with E-state index in [2.05, 4.69) is 16.3 Å². The van der Waals surface area contributed by atoms with Crippen LogP contribution in [0.2, 0.25) is 0 Å². The summed E-state index contributed by atoms with van der Waals surface area (Å²) in [6.45, 7) is 9.22. The molecule has 0 spiro atoms. The van der Waals surface area contributed by atoms with Gasteiger partial charge < -0.3 is 15.0 Å². The largest absolute Gasteiger partial charge is 0.379 e. The van der Waals surface area contributed by atoms with Crippen molar-refractivity contribution in [1.82, 2.24) is 15.1 Å². The van der Waals surface area contributed by atoms with Crippen LogP contribution in [0.15, 0.2) is 0 Å². The Labute approximate surface area is 143 Å². The van der Waals surface area contributed by atoms with Crippen molar-refractivity contribution < 1.29 is 14.3 Å². The van der Waals surface area contributed by atoms with E-state index in [4.69, 9.17) is 10.00 Å². The van der Waals surface area contributed by atoms with Crippen molar-refractivity contribution >= 4 is 11.8 Å². The molecule has 2 atom stereocenters. The minimum Gasteiger partial charge on any atom is -0.379 e. The third-order valence-electron chi connectivity index (χ3n) is 4.55. The molecule has 2 rings (SSSR count). The fraction of sp³-hybridized carbons (Fsp3) is 0.824. The molecule has 7 nitrogen and oxygen atoms in total. The normalized spacial score (nSPS) is 23.3. The van der Waals surface area contributed by atoms with E-state index in [1.54, 1.807) is 4.90 Å². The van der Waals surface area contributed by atoms with Gasteiger partial charge in [0.2, 0.25) is 11.8 Å². The van der Waals surface area contributed by atoms with Crippen LogP contribution in [0.1, 0.15) is 26.7 Å². The summed E-state index contributed by atoms with van der Waals surface area (Å²) in [4.78, 5) is 28.5. The Kier molecular flexibility index (Phi) is 7.00. The zero-order valence-corrected chi connectivity index (χ0v) is 14.7. The van der Waals surface area contributed by atoms with E-state index < -0.39 is 6.04 Å². The fourth-order valence-corrected chi connectivity index (χ4v) is 3.16. The minimum atomic E-state index is -0.477. The second-order valence-corrected chi connectivity index (χ2v) is 7.01. The Bertz CT molecular complexity index is 483. The number of carbonyl (C=O) groups is 2. The summed E-state index contributed by atoms with van der Waals surface area (Å²) < 4.78 is 5.31. The molecule has 0 aromatic carbocycles. The Morgan fingerprint density at radius 2 is 2.08 bits per heavy atom. The van der Waals surface area contributed by atoms with Crippen LogP contribution in [-0.4, -0.2) is 73.6 Å². The molecule has 2 amide bonds. The number of hydrogen-bond donors (Lipinski definition) is 1. The Morgan fingerprint density at radius 1 is 1.38 bits per heavy atom. The summed E-state index contributed by atoms with van der Waals surface area (Å²) in [5, 5.41) is 11.9. The average molecular weight is 336 g/mol. The molecule has 0 aromatic rings. The van der Waals surface area contributed by atoms with E-state index in [0.29, 0.717) is 25.4 Å². The molecule has 0 aromatic heterocycles. The maximum atomic E-state index is 12.3. The van der Waals surface area contributed by atoms with Crippen LogP contribution < -0.4 is 5.32 Å². The number of likely N-dealkylation sites (tertiary alicyclic amines) is 1. The van der Waals surface area contributed by atoms with Crippen LogP contribution in [0.4, 0.5) is 0 Å². The zero-order valence-electron chi connectivity index (χ0n) is 14.7. The van der Waals surface area contributed by atoms with Crippen molar-refractivity contribution in [2.75, 3.05) is 45.9 Å². The molecule has 2 fully saturated rings. The summed E-state index contributed by atoms with van der Waals surface area (Å²) in [5.74, 6) is -0.152. The van der Waals surface area contributed by atoms with Gasteiger partial charge in [-0.2, -0.15) is 5.26 Å². The van der Waals surface area contributed by atoms with Crippen molar-refractivity contribution in [2.45, 2.75) is 32.7 Å². The number of morpholine rings is 1. The topological polar surface area (TPSA) is 85.7 Å². The number of amides is 2. The lowest BCUT2D eigenvalue weighted by molar-refractivity contribution is -0.129. The quantitative estimate of drug-likeness (QED) is 0.719. The fourth-order valence-electron chi connectivity index (χ4n) is 3.16. The van der Waals surface area contributed by atoms with E-state index in [0.717, 1.165) is 32.8 Å². The van der Waals surface area contributed by atoms with Gasteiger partial charge in [0.25, 0.3) is 0 Å². The van der Waals surface area contributed by atoms with Gasteiger partial charge in [-0.15, -0.1) is 0 Å². The molecular formula is C17H28N4O3.